The van der Waals surface area contributed by atoms with Crippen molar-refractivity contribution in [1.29, 1.82) is 0 Å². The maximum Gasteiger partial charge on any atom is 0.258 e. The summed E-state index contributed by atoms with van der Waals surface area (Å²) in [5.41, 5.74) is 3.50. The van der Waals surface area contributed by atoms with Crippen LogP contribution in [0.4, 0.5) is 5.69 Å². The smallest absolute Gasteiger partial charge is 0.258 e. The number of benzene rings is 2. The number of hydrogen-bond acceptors (Lipinski definition) is 3. The van der Waals surface area contributed by atoms with Gasteiger partial charge in [-0.25, -0.2) is 0 Å². The first-order valence-electron chi connectivity index (χ1n) is 8.53. The SMILES string of the molecule is CC(C)=CCOc1cccc(N(C)C(=O)c2ccc3ncccc3c2)c1. The Hall–Kier alpha value is -3.14. The largest absolute Gasteiger partial charge is 0.489 e. The van der Waals surface area contributed by atoms with E-state index in [1.54, 1.807) is 18.1 Å². The molecule has 0 N–H and O–H groups in total. The van der Waals surface area contributed by atoms with Crippen molar-refractivity contribution in [2.45, 2.75) is 13.8 Å². The molecule has 0 atom stereocenters. The lowest BCUT2D eigenvalue weighted by Crippen LogP contribution is -2.26. The molecule has 132 valence electrons. The van der Waals surface area contributed by atoms with Gasteiger partial charge in [0.15, 0.2) is 0 Å². The van der Waals surface area contributed by atoms with E-state index in [-0.39, 0.29) is 5.91 Å². The second-order valence-corrected chi connectivity index (χ2v) is 6.36. The number of carbonyl (C=O) groups excluding carboxylic acids is 1. The zero-order valence-corrected chi connectivity index (χ0v) is 15.3. The van der Waals surface area contributed by atoms with Gasteiger partial charge in [0.25, 0.3) is 5.91 Å². The Kier molecular flexibility index (Phi) is 5.32. The molecule has 0 spiro atoms. The molecule has 0 aliphatic carbocycles. The molecule has 0 aliphatic heterocycles. The molecule has 0 saturated heterocycles. The van der Waals surface area contributed by atoms with Crippen LogP contribution in [-0.4, -0.2) is 24.5 Å². The Labute approximate surface area is 153 Å². The molecule has 0 radical (unpaired) electrons. The monoisotopic (exact) mass is 346 g/mol. The standard InChI is InChI=1S/C22H22N2O2/c1-16(2)11-13-26-20-8-4-7-19(15-20)24(3)22(25)18-9-10-21-17(14-18)6-5-12-23-21/h4-12,14-15H,13H2,1-3H3. The Bertz CT molecular complexity index is 959. The molecule has 3 rings (SSSR count). The van der Waals surface area contributed by atoms with E-state index in [1.165, 1.54) is 5.57 Å². The number of aromatic nitrogens is 1. The molecule has 2 aromatic carbocycles. The first kappa shape index (κ1) is 17.7. The summed E-state index contributed by atoms with van der Waals surface area (Å²) in [6, 6.07) is 16.9. The highest BCUT2D eigenvalue weighted by Crippen LogP contribution is 2.23. The van der Waals surface area contributed by atoms with E-state index in [9.17, 15) is 4.79 Å². The van der Waals surface area contributed by atoms with Crippen LogP contribution in [-0.2, 0) is 0 Å². The lowest BCUT2D eigenvalue weighted by atomic mass is 10.1. The fraction of sp³-hybridized carbons (Fsp3) is 0.182. The zero-order valence-electron chi connectivity index (χ0n) is 15.3. The lowest BCUT2D eigenvalue weighted by molar-refractivity contribution is 0.0993. The van der Waals surface area contributed by atoms with Crippen LogP contribution in [0.3, 0.4) is 0 Å². The molecular formula is C22H22N2O2. The van der Waals surface area contributed by atoms with E-state index < -0.39 is 0 Å². The minimum Gasteiger partial charge on any atom is -0.489 e. The summed E-state index contributed by atoms with van der Waals surface area (Å²) in [5, 5.41) is 0.950. The van der Waals surface area contributed by atoms with E-state index in [1.807, 2.05) is 74.5 Å². The van der Waals surface area contributed by atoms with Gasteiger partial charge in [0, 0.05) is 35.9 Å². The van der Waals surface area contributed by atoms with Gasteiger partial charge in [0.1, 0.15) is 12.4 Å². The van der Waals surface area contributed by atoms with E-state index in [0.717, 1.165) is 22.3 Å². The molecule has 0 aliphatic rings. The van der Waals surface area contributed by atoms with Crippen molar-refractivity contribution < 1.29 is 9.53 Å². The molecule has 0 bridgehead atoms. The molecule has 1 amide bonds. The van der Waals surface area contributed by atoms with E-state index in [4.69, 9.17) is 4.74 Å². The Morgan fingerprint density at radius 3 is 2.77 bits per heavy atom. The maximum atomic E-state index is 12.9. The number of carbonyl (C=O) groups is 1. The van der Waals surface area contributed by atoms with Gasteiger partial charge in [0.05, 0.1) is 5.52 Å². The van der Waals surface area contributed by atoms with Crippen molar-refractivity contribution in [3.8, 4) is 5.75 Å². The third kappa shape index (κ3) is 4.09. The van der Waals surface area contributed by atoms with Gasteiger partial charge in [-0.1, -0.05) is 17.7 Å². The first-order chi connectivity index (χ1) is 12.5. The quantitative estimate of drug-likeness (QED) is 0.620. The van der Waals surface area contributed by atoms with Crippen LogP contribution in [0, 0.1) is 0 Å². The van der Waals surface area contributed by atoms with Crippen molar-refractivity contribution >= 4 is 22.5 Å². The Morgan fingerprint density at radius 2 is 1.96 bits per heavy atom. The minimum atomic E-state index is -0.0720. The molecule has 4 nitrogen and oxygen atoms in total. The van der Waals surface area contributed by atoms with Crippen LogP contribution in [0.2, 0.25) is 0 Å². The van der Waals surface area contributed by atoms with Crippen LogP contribution in [0.1, 0.15) is 24.2 Å². The van der Waals surface area contributed by atoms with Gasteiger partial charge in [-0.05, 0) is 56.3 Å². The van der Waals surface area contributed by atoms with Gasteiger partial charge in [-0.2, -0.15) is 0 Å². The topological polar surface area (TPSA) is 42.4 Å². The number of amides is 1. The molecule has 0 unspecified atom stereocenters. The number of nitrogens with zero attached hydrogens (tertiary/aromatic N) is 2. The van der Waals surface area contributed by atoms with Crippen molar-refractivity contribution in [3.05, 3.63) is 78.0 Å². The number of rotatable bonds is 5. The number of pyridine rings is 1. The van der Waals surface area contributed by atoms with Gasteiger partial charge in [0.2, 0.25) is 0 Å². The predicted octanol–water partition coefficient (Wildman–Crippen LogP) is 4.86. The summed E-state index contributed by atoms with van der Waals surface area (Å²) in [4.78, 5) is 18.8. The Balaban J connectivity index is 1.80. The fourth-order valence-corrected chi connectivity index (χ4v) is 2.61. The molecule has 0 fully saturated rings. The summed E-state index contributed by atoms with van der Waals surface area (Å²) in [5.74, 6) is 0.666. The van der Waals surface area contributed by atoms with Crippen LogP contribution in [0.25, 0.3) is 10.9 Å². The summed E-state index contributed by atoms with van der Waals surface area (Å²) in [7, 11) is 1.77. The van der Waals surface area contributed by atoms with Crippen molar-refractivity contribution in [3.63, 3.8) is 0 Å². The first-order valence-corrected chi connectivity index (χ1v) is 8.53. The summed E-state index contributed by atoms with van der Waals surface area (Å²) >= 11 is 0. The van der Waals surface area contributed by atoms with Crippen LogP contribution >= 0.6 is 0 Å². The van der Waals surface area contributed by atoms with Gasteiger partial charge >= 0.3 is 0 Å². The number of hydrogen-bond donors (Lipinski definition) is 0. The van der Waals surface area contributed by atoms with E-state index in [0.29, 0.717) is 12.2 Å². The second-order valence-electron chi connectivity index (χ2n) is 6.36. The molecule has 3 aromatic rings. The molecular weight excluding hydrogens is 324 g/mol. The van der Waals surface area contributed by atoms with Gasteiger partial charge < -0.3 is 9.64 Å². The fourth-order valence-electron chi connectivity index (χ4n) is 2.61. The number of fused-ring (bicyclic) bond motifs is 1. The predicted molar refractivity (Wildman–Crippen MR) is 106 cm³/mol. The second kappa shape index (κ2) is 7.83. The lowest BCUT2D eigenvalue weighted by Gasteiger charge is -2.18. The highest BCUT2D eigenvalue weighted by molar-refractivity contribution is 6.07. The molecule has 4 heteroatoms. The average Bonchev–Trinajstić information content (AvgIpc) is 2.66. The third-order valence-electron chi connectivity index (χ3n) is 4.10. The van der Waals surface area contributed by atoms with E-state index >= 15 is 0 Å². The molecule has 0 saturated carbocycles. The molecule has 26 heavy (non-hydrogen) atoms. The summed E-state index contributed by atoms with van der Waals surface area (Å²) in [6.45, 7) is 4.58. The highest BCUT2D eigenvalue weighted by Gasteiger charge is 2.14. The number of anilines is 1. The van der Waals surface area contributed by atoms with Crippen LogP contribution < -0.4 is 9.64 Å². The summed E-state index contributed by atoms with van der Waals surface area (Å²) < 4.78 is 5.73. The summed E-state index contributed by atoms with van der Waals surface area (Å²) in [6.07, 6.45) is 3.77. The van der Waals surface area contributed by atoms with Gasteiger partial charge in [-0.15, -0.1) is 0 Å². The maximum absolute atomic E-state index is 12.9. The third-order valence-corrected chi connectivity index (χ3v) is 4.10. The van der Waals surface area contributed by atoms with Crippen LogP contribution in [0.5, 0.6) is 5.75 Å². The normalized spacial score (nSPS) is 10.4. The molecule has 1 heterocycles. The van der Waals surface area contributed by atoms with Crippen molar-refractivity contribution in [1.82, 2.24) is 4.98 Å². The number of ether oxygens (including phenoxy) is 1. The average molecular weight is 346 g/mol. The van der Waals surface area contributed by atoms with Crippen molar-refractivity contribution in [2.24, 2.45) is 0 Å². The van der Waals surface area contributed by atoms with Crippen molar-refractivity contribution in [2.75, 3.05) is 18.6 Å². The highest BCUT2D eigenvalue weighted by atomic mass is 16.5. The Morgan fingerprint density at radius 1 is 1.12 bits per heavy atom. The zero-order chi connectivity index (χ0) is 18.5. The number of allylic oxidation sites excluding steroid dienone is 1. The van der Waals surface area contributed by atoms with Crippen LogP contribution in [0.15, 0.2) is 72.4 Å². The van der Waals surface area contributed by atoms with E-state index in [2.05, 4.69) is 4.98 Å². The molecule has 1 aromatic heterocycles. The van der Waals surface area contributed by atoms with Gasteiger partial charge in [-0.3, -0.25) is 9.78 Å². The minimum absolute atomic E-state index is 0.0720.